The molecule has 1 aromatic carbocycles. The second-order valence-electron chi connectivity index (χ2n) is 2.05. The first-order valence-electron chi connectivity index (χ1n) is 3.25. The van der Waals surface area contributed by atoms with E-state index in [0.29, 0.717) is 6.29 Å². The number of benzene rings is 1. The number of hydrogen-bond acceptors (Lipinski definition) is 2. The Kier molecular flexibility index (Phi) is 3.22. The van der Waals surface area contributed by atoms with Gasteiger partial charge in [-0.05, 0) is 18.2 Å². The molecule has 0 aromatic heterocycles. The molecule has 0 bridgehead atoms. The van der Waals surface area contributed by atoms with Gasteiger partial charge in [0.1, 0.15) is 17.9 Å². The minimum absolute atomic E-state index is 0.139. The Morgan fingerprint density at radius 3 is 2.83 bits per heavy atom. The van der Waals surface area contributed by atoms with Gasteiger partial charge in [-0.3, -0.25) is 0 Å². The fourth-order valence-corrected chi connectivity index (χ4v) is 1.36. The summed E-state index contributed by atoms with van der Waals surface area (Å²) in [6.45, 7) is 0. The zero-order valence-electron chi connectivity index (χ0n) is 6.09. The van der Waals surface area contributed by atoms with Gasteiger partial charge in [-0.15, -0.1) is 11.8 Å². The standard InChI is InChI=1S/C8H6F2OS/c9-6-1-2-7(10)8(5-6)12-4-3-11/h1-3,5H,4H2. The Bertz CT molecular complexity index is 288. The van der Waals surface area contributed by atoms with Gasteiger partial charge in [0.05, 0.1) is 5.75 Å². The van der Waals surface area contributed by atoms with E-state index >= 15 is 0 Å². The van der Waals surface area contributed by atoms with Crippen molar-refractivity contribution in [1.29, 1.82) is 0 Å². The van der Waals surface area contributed by atoms with Crippen molar-refractivity contribution in [2.45, 2.75) is 4.90 Å². The molecule has 0 aliphatic carbocycles. The van der Waals surface area contributed by atoms with Crippen LogP contribution >= 0.6 is 11.8 Å². The predicted octanol–water partition coefficient (Wildman–Crippen LogP) is 2.26. The third-order valence-electron chi connectivity index (χ3n) is 1.20. The van der Waals surface area contributed by atoms with Gasteiger partial charge in [0.25, 0.3) is 0 Å². The first kappa shape index (κ1) is 9.19. The smallest absolute Gasteiger partial charge is 0.136 e. The molecule has 0 aliphatic heterocycles. The van der Waals surface area contributed by atoms with E-state index in [1.165, 1.54) is 0 Å². The number of aldehydes is 1. The van der Waals surface area contributed by atoms with Gasteiger partial charge in [0.15, 0.2) is 0 Å². The fraction of sp³-hybridized carbons (Fsp3) is 0.125. The summed E-state index contributed by atoms with van der Waals surface area (Å²) in [6, 6.07) is 3.16. The maximum absolute atomic E-state index is 12.8. The average molecular weight is 188 g/mol. The van der Waals surface area contributed by atoms with Crippen LogP contribution in [0.2, 0.25) is 0 Å². The van der Waals surface area contributed by atoms with Gasteiger partial charge in [0, 0.05) is 4.90 Å². The van der Waals surface area contributed by atoms with E-state index in [0.717, 1.165) is 30.0 Å². The van der Waals surface area contributed by atoms with E-state index in [-0.39, 0.29) is 10.6 Å². The van der Waals surface area contributed by atoms with Gasteiger partial charge in [-0.1, -0.05) is 0 Å². The maximum atomic E-state index is 12.8. The zero-order valence-corrected chi connectivity index (χ0v) is 6.91. The molecule has 0 N–H and O–H groups in total. The van der Waals surface area contributed by atoms with Crippen LogP contribution in [0.4, 0.5) is 8.78 Å². The van der Waals surface area contributed by atoms with Crippen LogP contribution in [0.3, 0.4) is 0 Å². The van der Waals surface area contributed by atoms with E-state index in [1.807, 2.05) is 0 Å². The van der Waals surface area contributed by atoms with Gasteiger partial charge in [0.2, 0.25) is 0 Å². The van der Waals surface area contributed by atoms with Crippen LogP contribution in [0.15, 0.2) is 23.1 Å². The summed E-state index contributed by atoms with van der Waals surface area (Å²) in [5.74, 6) is -0.853. The largest absolute Gasteiger partial charge is 0.302 e. The van der Waals surface area contributed by atoms with Crippen molar-refractivity contribution in [3.8, 4) is 0 Å². The van der Waals surface area contributed by atoms with Crippen LogP contribution in [0, 0.1) is 11.6 Å². The summed E-state index contributed by atoms with van der Waals surface area (Å²) < 4.78 is 25.3. The molecule has 0 radical (unpaired) electrons. The lowest BCUT2D eigenvalue weighted by molar-refractivity contribution is -0.105. The minimum Gasteiger partial charge on any atom is -0.302 e. The summed E-state index contributed by atoms with van der Waals surface area (Å²) in [5.41, 5.74) is 0. The van der Waals surface area contributed by atoms with Crippen LogP contribution < -0.4 is 0 Å². The lowest BCUT2D eigenvalue weighted by atomic mass is 10.3. The molecule has 0 heterocycles. The summed E-state index contributed by atoms with van der Waals surface area (Å²) in [5, 5.41) is 0. The first-order valence-corrected chi connectivity index (χ1v) is 4.24. The zero-order chi connectivity index (χ0) is 8.97. The summed E-state index contributed by atoms with van der Waals surface area (Å²) in [4.78, 5) is 10.1. The van der Waals surface area contributed by atoms with Crippen molar-refractivity contribution in [1.82, 2.24) is 0 Å². The van der Waals surface area contributed by atoms with Crippen LogP contribution in [0.1, 0.15) is 0 Å². The molecule has 4 heteroatoms. The van der Waals surface area contributed by atoms with Crippen molar-refractivity contribution in [3.05, 3.63) is 29.8 Å². The highest BCUT2D eigenvalue weighted by Crippen LogP contribution is 2.21. The highest BCUT2D eigenvalue weighted by Gasteiger charge is 2.02. The second-order valence-corrected chi connectivity index (χ2v) is 3.11. The van der Waals surface area contributed by atoms with Crippen LogP contribution in [-0.2, 0) is 4.79 Å². The molecular weight excluding hydrogens is 182 g/mol. The Morgan fingerprint density at radius 2 is 2.17 bits per heavy atom. The van der Waals surface area contributed by atoms with Crippen LogP contribution in [0.25, 0.3) is 0 Å². The molecule has 0 atom stereocenters. The van der Waals surface area contributed by atoms with Gasteiger partial charge in [-0.2, -0.15) is 0 Å². The lowest BCUT2D eigenvalue weighted by Crippen LogP contribution is -1.85. The lowest BCUT2D eigenvalue weighted by Gasteiger charge is -1.98. The van der Waals surface area contributed by atoms with Gasteiger partial charge in [-0.25, -0.2) is 8.78 Å². The van der Waals surface area contributed by atoms with Crippen molar-refractivity contribution in [2.75, 3.05) is 5.75 Å². The molecule has 0 amide bonds. The SMILES string of the molecule is O=CCSc1cc(F)ccc1F. The van der Waals surface area contributed by atoms with Crippen LogP contribution in [0.5, 0.6) is 0 Å². The topological polar surface area (TPSA) is 17.1 Å². The average Bonchev–Trinajstić information content (AvgIpc) is 2.07. The molecule has 0 unspecified atom stereocenters. The van der Waals surface area contributed by atoms with Gasteiger partial charge >= 0.3 is 0 Å². The highest BCUT2D eigenvalue weighted by molar-refractivity contribution is 7.99. The Morgan fingerprint density at radius 1 is 1.42 bits per heavy atom. The third kappa shape index (κ3) is 2.30. The Labute approximate surface area is 72.8 Å². The Hall–Kier alpha value is -0.900. The summed E-state index contributed by atoms with van der Waals surface area (Å²) in [7, 11) is 0. The molecule has 0 fully saturated rings. The number of carbonyl (C=O) groups excluding carboxylic acids is 1. The minimum atomic E-state index is -0.497. The van der Waals surface area contributed by atoms with E-state index in [9.17, 15) is 13.6 Å². The monoisotopic (exact) mass is 188 g/mol. The fourth-order valence-electron chi connectivity index (χ4n) is 0.712. The molecule has 1 rings (SSSR count). The number of rotatable bonds is 3. The summed E-state index contributed by atoms with van der Waals surface area (Å²) >= 11 is 0.978. The number of carbonyl (C=O) groups is 1. The van der Waals surface area contributed by atoms with E-state index in [1.54, 1.807) is 0 Å². The predicted molar refractivity (Wildman–Crippen MR) is 43.1 cm³/mol. The van der Waals surface area contributed by atoms with Crippen molar-refractivity contribution in [3.63, 3.8) is 0 Å². The van der Waals surface area contributed by atoms with E-state index in [4.69, 9.17) is 0 Å². The summed E-state index contributed by atoms with van der Waals surface area (Å²) in [6.07, 6.45) is 0.648. The van der Waals surface area contributed by atoms with E-state index < -0.39 is 11.6 Å². The number of hydrogen-bond donors (Lipinski definition) is 0. The van der Waals surface area contributed by atoms with Crippen LogP contribution in [-0.4, -0.2) is 12.0 Å². The molecule has 1 nitrogen and oxygen atoms in total. The van der Waals surface area contributed by atoms with Gasteiger partial charge < -0.3 is 4.79 Å². The number of thioether (sulfide) groups is 1. The molecule has 0 spiro atoms. The molecule has 1 aromatic rings. The molecule has 12 heavy (non-hydrogen) atoms. The Balaban J connectivity index is 2.82. The normalized spacial score (nSPS) is 9.83. The van der Waals surface area contributed by atoms with Crippen molar-refractivity contribution >= 4 is 18.0 Å². The highest BCUT2D eigenvalue weighted by atomic mass is 32.2. The second kappa shape index (κ2) is 4.21. The van der Waals surface area contributed by atoms with E-state index in [2.05, 4.69) is 0 Å². The molecular formula is C8H6F2OS. The van der Waals surface area contributed by atoms with Crippen molar-refractivity contribution < 1.29 is 13.6 Å². The third-order valence-corrected chi connectivity index (χ3v) is 2.13. The molecule has 0 aliphatic rings. The molecule has 0 saturated heterocycles. The first-order chi connectivity index (χ1) is 5.74. The van der Waals surface area contributed by atoms with Crippen molar-refractivity contribution in [2.24, 2.45) is 0 Å². The maximum Gasteiger partial charge on any atom is 0.136 e. The number of halogens is 2. The molecule has 64 valence electrons. The molecule has 0 saturated carbocycles. The quantitative estimate of drug-likeness (QED) is 0.534.